The van der Waals surface area contributed by atoms with E-state index in [0.717, 1.165) is 56.2 Å². The standard InChI is InChI=1S/C30H45N5O6.3Rb/c1-22(36)9-4-3-7-16-33-30(40)34-17-8-19-41-20-18-32-27(37)21-28(38)35-24-14-12-23(13-15-24)29(39)25-10-5-6-11-26(25)31-2;;;/h12-15H,3-11,16-21H2,1-2H3,(H5,31,32,33,34,35,37,38,39,40);;;/q;3*+1/p-3. The molecular formula is C30H42N5O6Rb3. The van der Waals surface area contributed by atoms with Crippen molar-refractivity contribution in [3.05, 3.63) is 57.0 Å². The molecule has 0 heterocycles. The van der Waals surface area contributed by atoms with Crippen LogP contribution in [0.2, 0.25) is 0 Å². The number of carbonyl (C=O) groups excluding carboxylic acids is 5. The fourth-order valence-corrected chi connectivity index (χ4v) is 4.27. The van der Waals surface area contributed by atoms with Crippen molar-refractivity contribution in [3.63, 3.8) is 0 Å². The Morgan fingerprint density at radius 3 is 2.20 bits per heavy atom. The summed E-state index contributed by atoms with van der Waals surface area (Å²) < 4.78 is 5.39. The summed E-state index contributed by atoms with van der Waals surface area (Å²) in [6.45, 7) is 3.13. The van der Waals surface area contributed by atoms with Crippen LogP contribution in [0.4, 0.5) is 10.5 Å². The number of allylic oxidation sites excluding steroid dienone is 2. The third kappa shape index (κ3) is 21.6. The first-order chi connectivity index (χ1) is 19.8. The van der Waals surface area contributed by atoms with Crippen molar-refractivity contribution < 1.29 is 203 Å². The zero-order chi connectivity index (χ0) is 29.9. The summed E-state index contributed by atoms with van der Waals surface area (Å²) in [5.41, 5.74) is 2.70. The van der Waals surface area contributed by atoms with Crippen LogP contribution >= 0.6 is 0 Å². The maximum atomic E-state index is 12.9. The molecule has 2 rings (SSSR count). The molecular weight excluding hydrogens is 783 g/mol. The molecule has 1 aromatic rings. The minimum Gasteiger partial charge on any atom is -0.651 e. The van der Waals surface area contributed by atoms with E-state index >= 15 is 0 Å². The minimum absolute atomic E-state index is 0. The summed E-state index contributed by atoms with van der Waals surface area (Å²) >= 11 is 0. The van der Waals surface area contributed by atoms with Gasteiger partial charge in [-0.15, -0.1) is 12.2 Å². The molecule has 11 nitrogen and oxygen atoms in total. The molecule has 0 saturated carbocycles. The van der Waals surface area contributed by atoms with Crippen LogP contribution in [0.5, 0.6) is 0 Å². The molecule has 0 radical (unpaired) electrons. The number of nitrogens with one attached hydrogen (secondary N) is 2. The Hall–Kier alpha value is 1.69. The summed E-state index contributed by atoms with van der Waals surface area (Å²) in [5.74, 6) is -1.03. The van der Waals surface area contributed by atoms with Gasteiger partial charge in [0.15, 0.2) is 11.8 Å². The molecule has 226 valence electrons. The number of urea groups is 1. The number of benzene rings is 1. The molecule has 0 fully saturated rings. The van der Waals surface area contributed by atoms with Gasteiger partial charge in [-0.25, -0.2) is 0 Å². The van der Waals surface area contributed by atoms with Crippen molar-refractivity contribution in [1.29, 1.82) is 0 Å². The van der Waals surface area contributed by atoms with Crippen LogP contribution < -0.4 is 185 Å². The average Bonchev–Trinajstić information content (AvgIpc) is 2.96. The van der Waals surface area contributed by atoms with Crippen LogP contribution in [-0.4, -0.2) is 69.3 Å². The molecule has 1 aliphatic carbocycles. The molecule has 0 spiro atoms. The molecule has 0 atom stereocenters. The second kappa shape index (κ2) is 29.6. The molecule has 14 heteroatoms. The van der Waals surface area contributed by atoms with Gasteiger partial charge in [0.2, 0.25) is 0 Å². The molecule has 1 aromatic carbocycles. The SMILES string of the molecule is CNC1=C(C(=O)c2ccc([N-]C(=O)CC(=O)[N-]CCOCCC[N-]C(=O)NCCCCCC(C)=O)cc2)CCCC1.[Rb+].[Rb+].[Rb+]. The quantitative estimate of drug-likeness (QED) is 0.0829. The molecule has 44 heavy (non-hydrogen) atoms. The van der Waals surface area contributed by atoms with Crippen LogP contribution in [0, 0.1) is 0 Å². The third-order valence-corrected chi connectivity index (χ3v) is 6.44. The van der Waals surface area contributed by atoms with E-state index in [4.69, 9.17) is 4.74 Å². The second-order valence-corrected chi connectivity index (χ2v) is 9.84. The van der Waals surface area contributed by atoms with E-state index in [1.807, 2.05) is 7.05 Å². The van der Waals surface area contributed by atoms with E-state index in [9.17, 15) is 24.0 Å². The van der Waals surface area contributed by atoms with Gasteiger partial charge >= 0.3 is 175 Å². The van der Waals surface area contributed by atoms with Crippen LogP contribution in [0.25, 0.3) is 16.0 Å². The van der Waals surface area contributed by atoms with Gasteiger partial charge in [0.05, 0.1) is 11.8 Å². The van der Waals surface area contributed by atoms with E-state index in [0.29, 0.717) is 43.8 Å². The molecule has 0 unspecified atom stereocenters. The molecule has 0 aliphatic heterocycles. The molecule has 0 aromatic heterocycles. The fourth-order valence-electron chi connectivity index (χ4n) is 4.27. The number of hydrogen-bond acceptors (Lipinski definition) is 7. The number of ether oxygens (including phenoxy) is 1. The monoisotopic (exact) mass is 823 g/mol. The van der Waals surface area contributed by atoms with E-state index in [2.05, 4.69) is 26.6 Å². The first-order valence-electron chi connectivity index (χ1n) is 14.3. The van der Waals surface area contributed by atoms with Crippen molar-refractivity contribution in [3.8, 4) is 0 Å². The maximum Gasteiger partial charge on any atom is 1.00 e. The number of hydrogen-bond donors (Lipinski definition) is 2. The van der Waals surface area contributed by atoms with Crippen molar-refractivity contribution >= 4 is 35.1 Å². The molecule has 2 N–H and O–H groups in total. The predicted octanol–water partition coefficient (Wildman–Crippen LogP) is -3.61. The first kappa shape index (κ1) is 47.8. The predicted molar refractivity (Wildman–Crippen MR) is 157 cm³/mol. The van der Waals surface area contributed by atoms with E-state index < -0.39 is 18.2 Å². The molecule has 1 aliphatic rings. The molecule has 0 bridgehead atoms. The smallest absolute Gasteiger partial charge is 0.651 e. The van der Waals surface area contributed by atoms with Crippen LogP contribution in [0.3, 0.4) is 0 Å². The summed E-state index contributed by atoms with van der Waals surface area (Å²) in [4.78, 5) is 59.5. The summed E-state index contributed by atoms with van der Waals surface area (Å²) in [5, 5.41) is 17.5. The average molecular weight is 825 g/mol. The Morgan fingerprint density at radius 1 is 0.818 bits per heavy atom. The Bertz CT molecular complexity index is 1070. The summed E-state index contributed by atoms with van der Waals surface area (Å²) in [6, 6.07) is 6.12. The Balaban J connectivity index is 0. The van der Waals surface area contributed by atoms with Crippen molar-refractivity contribution in [2.45, 2.75) is 71.1 Å². The van der Waals surface area contributed by atoms with E-state index in [-0.39, 0.29) is 205 Å². The topological polar surface area (TPSA) is 161 Å². The first-order valence-corrected chi connectivity index (χ1v) is 14.3. The number of ketones is 2. The summed E-state index contributed by atoms with van der Waals surface area (Å²) in [6.07, 6.45) is 6.88. The largest absolute Gasteiger partial charge is 1.00 e. The van der Waals surface area contributed by atoms with Crippen molar-refractivity contribution in [1.82, 2.24) is 10.6 Å². The Labute approximate surface area is 408 Å². The second-order valence-electron chi connectivity index (χ2n) is 9.84. The van der Waals surface area contributed by atoms with E-state index in [1.54, 1.807) is 31.2 Å². The van der Waals surface area contributed by atoms with Gasteiger partial charge in [-0.3, -0.25) is 9.59 Å². The Morgan fingerprint density at radius 2 is 1.52 bits per heavy atom. The summed E-state index contributed by atoms with van der Waals surface area (Å²) in [7, 11) is 1.83. The number of rotatable bonds is 19. The number of nitrogens with zero attached hydrogens (tertiary/aromatic N) is 3. The zero-order valence-corrected chi connectivity index (χ0v) is 42.0. The van der Waals surface area contributed by atoms with Crippen LogP contribution in [-0.2, 0) is 19.1 Å². The van der Waals surface area contributed by atoms with Crippen molar-refractivity contribution in [2.75, 3.05) is 39.9 Å². The van der Waals surface area contributed by atoms with Gasteiger partial charge in [-0.1, -0.05) is 43.7 Å². The fraction of sp³-hybridized carbons (Fsp3) is 0.567. The van der Waals surface area contributed by atoms with E-state index in [1.165, 1.54) is 0 Å². The van der Waals surface area contributed by atoms with Gasteiger partial charge in [0.1, 0.15) is 5.78 Å². The minimum atomic E-state index is -0.609. The van der Waals surface area contributed by atoms with Crippen LogP contribution in [0.1, 0.15) is 81.5 Å². The Kier molecular flexibility index (Phi) is 32.1. The van der Waals surface area contributed by atoms with Gasteiger partial charge in [-0.2, -0.15) is 0 Å². The van der Waals surface area contributed by atoms with Gasteiger partial charge < -0.3 is 45.7 Å². The number of Topliss-reactive ketones (excluding diaryl/α,β-unsaturated/α-hetero) is 2. The normalized spacial score (nSPS) is 12.0. The molecule has 0 saturated heterocycles. The van der Waals surface area contributed by atoms with Crippen LogP contribution in [0.15, 0.2) is 35.5 Å². The number of carbonyl (C=O) groups is 5. The van der Waals surface area contributed by atoms with Gasteiger partial charge in [0, 0.05) is 49.9 Å². The number of amides is 4. The van der Waals surface area contributed by atoms with Gasteiger partial charge in [-0.05, 0) is 52.0 Å². The third-order valence-electron chi connectivity index (χ3n) is 6.44. The van der Waals surface area contributed by atoms with Gasteiger partial charge in [0.25, 0.3) is 0 Å². The maximum absolute atomic E-state index is 12.9. The zero-order valence-electron chi connectivity index (χ0n) is 27.2. The van der Waals surface area contributed by atoms with Crippen molar-refractivity contribution in [2.24, 2.45) is 0 Å². The molecule has 4 amide bonds. The number of unbranched alkanes of at least 4 members (excludes halogenated alkanes) is 2.